The fraction of sp³-hybridized carbons (Fsp3) is 0.571. The zero-order chi connectivity index (χ0) is 26.4. The van der Waals surface area contributed by atoms with Crippen LogP contribution in [0.1, 0.15) is 57.8 Å². The highest BCUT2D eigenvalue weighted by Crippen LogP contribution is 2.72. The maximum absolute atomic E-state index is 17.4. The number of aliphatic hydroxyl groups excluding tert-OH is 1. The van der Waals surface area contributed by atoms with Gasteiger partial charge in [0.2, 0.25) is 5.95 Å². The summed E-state index contributed by atoms with van der Waals surface area (Å²) in [6, 6.07) is 4.61. The lowest BCUT2D eigenvalue weighted by molar-refractivity contribution is -0.230. The molecule has 0 bridgehead atoms. The zero-order valence-electron chi connectivity index (χ0n) is 20.6. The van der Waals surface area contributed by atoms with E-state index in [9.17, 15) is 24.3 Å². The molecule has 1 N–H and O–H groups in total. The van der Waals surface area contributed by atoms with Gasteiger partial charge in [0, 0.05) is 34.6 Å². The molecule has 4 aliphatic carbocycles. The Kier molecular flexibility index (Phi) is 5.21. The predicted molar refractivity (Wildman–Crippen MR) is 125 cm³/mol. The number of nitrogens with zero attached hydrogens (tertiary/aromatic N) is 2. The molecule has 1 aromatic heterocycles. The van der Waals surface area contributed by atoms with Crippen LogP contribution < -0.4 is 0 Å². The fourth-order valence-electron chi connectivity index (χ4n) is 8.37. The third-order valence-corrected chi connectivity index (χ3v) is 10.1. The number of aliphatic hydroxyl groups is 1. The molecule has 0 spiro atoms. The number of allylic oxidation sites excluding steroid dienone is 4. The van der Waals surface area contributed by atoms with Gasteiger partial charge in [-0.15, -0.1) is 0 Å². The van der Waals surface area contributed by atoms with Crippen molar-refractivity contribution in [3.8, 4) is 6.07 Å². The van der Waals surface area contributed by atoms with E-state index in [1.54, 1.807) is 13.0 Å². The minimum Gasteiger partial charge on any atom is -0.390 e. The summed E-state index contributed by atoms with van der Waals surface area (Å²) < 4.78 is 43.9. The summed E-state index contributed by atoms with van der Waals surface area (Å²) in [7, 11) is 0. The number of fused-ring (bicyclic) bond motifs is 7. The maximum Gasteiger partial charge on any atom is 0.213 e. The molecule has 37 heavy (non-hydrogen) atoms. The molecule has 0 amide bonds. The van der Waals surface area contributed by atoms with Crippen LogP contribution in [-0.2, 0) is 19.1 Å². The molecule has 0 radical (unpaired) electrons. The number of pyridine rings is 1. The lowest BCUT2D eigenvalue weighted by Crippen LogP contribution is -2.69. The van der Waals surface area contributed by atoms with E-state index in [1.165, 1.54) is 30.5 Å². The number of ketones is 2. The van der Waals surface area contributed by atoms with Crippen LogP contribution in [0.2, 0.25) is 0 Å². The second-order valence-electron chi connectivity index (χ2n) is 11.5. The third-order valence-electron chi connectivity index (χ3n) is 10.1. The minimum absolute atomic E-state index is 0.0935. The second kappa shape index (κ2) is 7.85. The van der Waals surface area contributed by atoms with Crippen LogP contribution >= 0.6 is 0 Å². The monoisotopic (exact) mass is 510 g/mol. The molecule has 2 heterocycles. The van der Waals surface area contributed by atoms with Crippen molar-refractivity contribution < 1.29 is 33.0 Å². The van der Waals surface area contributed by atoms with E-state index in [2.05, 4.69) is 4.98 Å². The molecule has 3 saturated carbocycles. The number of ether oxygens (including phenoxy) is 2. The molecule has 4 fully saturated rings. The van der Waals surface area contributed by atoms with Gasteiger partial charge in [-0.2, -0.15) is 9.65 Å². The van der Waals surface area contributed by atoms with Crippen LogP contribution in [0.4, 0.5) is 8.78 Å². The highest BCUT2D eigenvalue weighted by Gasteiger charge is 2.79. The number of rotatable bonds is 3. The smallest absolute Gasteiger partial charge is 0.213 e. The molecule has 6 rings (SSSR count). The molecule has 0 aromatic carbocycles. The summed E-state index contributed by atoms with van der Waals surface area (Å²) >= 11 is 0. The maximum atomic E-state index is 17.4. The van der Waals surface area contributed by atoms with Crippen molar-refractivity contribution in [3.63, 3.8) is 0 Å². The normalized spacial score (nSPS) is 45.8. The van der Waals surface area contributed by atoms with E-state index < -0.39 is 70.6 Å². The van der Waals surface area contributed by atoms with Crippen LogP contribution in [0.5, 0.6) is 0 Å². The molecule has 9 atom stereocenters. The zero-order valence-corrected chi connectivity index (χ0v) is 20.6. The number of aromatic nitrogens is 1. The Balaban J connectivity index is 1.44. The van der Waals surface area contributed by atoms with E-state index in [0.717, 1.165) is 0 Å². The quantitative estimate of drug-likeness (QED) is 0.616. The number of hydrogen-bond donors (Lipinski definition) is 1. The largest absolute Gasteiger partial charge is 0.390 e. The summed E-state index contributed by atoms with van der Waals surface area (Å²) in [5.74, 6) is -2.43. The van der Waals surface area contributed by atoms with Crippen LogP contribution in [0.15, 0.2) is 42.1 Å². The molecular formula is C28H28F2N2O5. The lowest BCUT2D eigenvalue weighted by Gasteiger charge is -2.62. The first kappa shape index (κ1) is 24.5. The Morgan fingerprint density at radius 1 is 1.35 bits per heavy atom. The number of alkyl halides is 1. The number of halogens is 2. The van der Waals surface area contributed by atoms with Gasteiger partial charge < -0.3 is 14.6 Å². The van der Waals surface area contributed by atoms with Gasteiger partial charge in [-0.05, 0) is 56.7 Å². The molecule has 1 saturated heterocycles. The van der Waals surface area contributed by atoms with Crippen molar-refractivity contribution in [2.24, 2.45) is 22.7 Å². The van der Waals surface area contributed by atoms with Gasteiger partial charge >= 0.3 is 0 Å². The fourth-order valence-corrected chi connectivity index (χ4v) is 8.37. The highest BCUT2D eigenvalue weighted by molar-refractivity contribution is 6.01. The number of nitriles is 1. The van der Waals surface area contributed by atoms with Crippen molar-refractivity contribution in [2.45, 2.75) is 75.7 Å². The summed E-state index contributed by atoms with van der Waals surface area (Å²) in [6.45, 7) is 3.55. The van der Waals surface area contributed by atoms with Gasteiger partial charge in [-0.3, -0.25) is 9.59 Å². The van der Waals surface area contributed by atoms with Crippen LogP contribution in [0.25, 0.3) is 0 Å². The Morgan fingerprint density at radius 2 is 2.14 bits per heavy atom. The van der Waals surface area contributed by atoms with E-state index in [-0.39, 0.29) is 12.2 Å². The van der Waals surface area contributed by atoms with Crippen LogP contribution in [-0.4, -0.2) is 45.1 Å². The van der Waals surface area contributed by atoms with Crippen molar-refractivity contribution in [3.05, 3.63) is 53.6 Å². The van der Waals surface area contributed by atoms with E-state index in [4.69, 9.17) is 9.47 Å². The summed E-state index contributed by atoms with van der Waals surface area (Å²) in [4.78, 5) is 29.3. The van der Waals surface area contributed by atoms with Crippen LogP contribution in [0.3, 0.4) is 0 Å². The SMILES string of the molecule is C[C@]12C=CC(=O)C=C1CC[C@H]1[C@@H]3C[C@H]4OC(c5ccnc(F)c5)O[C@@]4(C(=O)CC#N)[C@@]3(C)C[C@H](O)[C@@]12F. The standard InChI is InChI=1S/C28H28F2N2O5/c1-25-8-5-17(33)12-16(25)3-4-18-19-13-22-28(20(34)6-9-31,26(19,2)14-21(35)27(18,25)30)37-24(36-22)15-7-10-32-23(29)11-15/h5,7-8,10-12,18-19,21-22,24,35H,3-4,6,13-14H2,1-2H3/t18-,19-,21-,22+,24?,25-,26-,27-,28+/m0/s1. The Labute approximate surface area is 213 Å². The molecule has 7 nitrogen and oxygen atoms in total. The van der Waals surface area contributed by atoms with E-state index in [0.29, 0.717) is 30.4 Å². The molecular weight excluding hydrogens is 482 g/mol. The number of carbonyl (C=O) groups excluding carboxylic acids is 2. The van der Waals surface area contributed by atoms with Crippen molar-refractivity contribution in [1.82, 2.24) is 4.98 Å². The summed E-state index contributed by atoms with van der Waals surface area (Å²) in [5, 5.41) is 21.0. The average Bonchev–Trinajstić information content (AvgIpc) is 3.35. The summed E-state index contributed by atoms with van der Waals surface area (Å²) in [5.41, 5.74) is -4.86. The summed E-state index contributed by atoms with van der Waals surface area (Å²) in [6.07, 6.45) is 3.01. The van der Waals surface area contributed by atoms with Gasteiger partial charge in [0.05, 0.1) is 24.7 Å². The van der Waals surface area contributed by atoms with Gasteiger partial charge in [0.25, 0.3) is 0 Å². The number of hydrogen-bond acceptors (Lipinski definition) is 7. The predicted octanol–water partition coefficient (Wildman–Crippen LogP) is 3.84. The van der Waals surface area contributed by atoms with E-state index in [1.807, 2.05) is 13.0 Å². The second-order valence-corrected chi connectivity index (χ2v) is 11.5. The molecule has 1 aromatic rings. The first-order chi connectivity index (χ1) is 17.5. The third kappa shape index (κ3) is 2.92. The van der Waals surface area contributed by atoms with Crippen molar-refractivity contribution in [2.75, 3.05) is 0 Å². The van der Waals surface area contributed by atoms with Gasteiger partial charge in [-0.1, -0.05) is 18.6 Å². The Hall–Kier alpha value is -2.80. The first-order valence-corrected chi connectivity index (χ1v) is 12.7. The molecule has 9 heteroatoms. The molecule has 1 unspecified atom stereocenters. The van der Waals surface area contributed by atoms with Gasteiger partial charge in [0.1, 0.15) is 0 Å². The topological polar surface area (TPSA) is 110 Å². The van der Waals surface area contributed by atoms with Gasteiger partial charge in [-0.25, -0.2) is 9.37 Å². The highest BCUT2D eigenvalue weighted by atomic mass is 19.1. The number of carbonyl (C=O) groups is 2. The molecule has 1 aliphatic heterocycles. The Morgan fingerprint density at radius 3 is 2.86 bits per heavy atom. The first-order valence-electron chi connectivity index (χ1n) is 12.7. The van der Waals surface area contributed by atoms with E-state index >= 15 is 4.39 Å². The average molecular weight is 511 g/mol. The minimum atomic E-state index is -2.07. The van der Waals surface area contributed by atoms with Crippen molar-refractivity contribution >= 4 is 11.6 Å². The van der Waals surface area contributed by atoms with Crippen LogP contribution in [0, 0.1) is 39.9 Å². The Bertz CT molecular complexity index is 1310. The molecule has 194 valence electrons. The molecule has 5 aliphatic rings. The lowest BCUT2D eigenvalue weighted by atomic mass is 9.44. The van der Waals surface area contributed by atoms with Crippen molar-refractivity contribution in [1.29, 1.82) is 5.26 Å². The van der Waals surface area contributed by atoms with Gasteiger partial charge in [0.15, 0.2) is 29.1 Å². The number of Topliss-reactive ketones (excluding diaryl/α,β-unsaturated/α-hetero) is 1.